The molecule has 1 aromatic rings. The van der Waals surface area contributed by atoms with Gasteiger partial charge in [-0.25, -0.2) is 9.48 Å². The van der Waals surface area contributed by atoms with E-state index in [-0.39, 0.29) is 6.42 Å². The maximum absolute atomic E-state index is 12.0. The van der Waals surface area contributed by atoms with Crippen molar-refractivity contribution in [3.63, 3.8) is 0 Å². The molecule has 0 aliphatic carbocycles. The molecule has 0 spiro atoms. The van der Waals surface area contributed by atoms with Gasteiger partial charge in [0.25, 0.3) is 0 Å². The van der Waals surface area contributed by atoms with E-state index in [1.54, 1.807) is 60.0 Å². The quantitative estimate of drug-likeness (QED) is 0.632. The molecular formula is C16H24N2O4. The van der Waals surface area contributed by atoms with E-state index in [1.807, 2.05) is 0 Å². The molecule has 122 valence electrons. The Bertz CT molecular complexity index is 546. The highest BCUT2D eigenvalue weighted by Gasteiger charge is 2.20. The Morgan fingerprint density at radius 1 is 1.09 bits per heavy atom. The molecule has 0 unspecified atom stereocenters. The Hall–Kier alpha value is -2.11. The van der Waals surface area contributed by atoms with Crippen LogP contribution in [0.1, 0.15) is 48.0 Å². The molecule has 1 aromatic heterocycles. The second kappa shape index (κ2) is 6.77. The van der Waals surface area contributed by atoms with Gasteiger partial charge in [-0.1, -0.05) is 0 Å². The fourth-order valence-corrected chi connectivity index (χ4v) is 1.63. The summed E-state index contributed by atoms with van der Waals surface area (Å²) in [6.07, 6.45) is 4.42. The summed E-state index contributed by atoms with van der Waals surface area (Å²) in [4.78, 5) is 23.9. The van der Waals surface area contributed by atoms with Crippen molar-refractivity contribution in [2.24, 2.45) is 0 Å². The lowest BCUT2D eigenvalue weighted by Crippen LogP contribution is -2.25. The summed E-state index contributed by atoms with van der Waals surface area (Å²) in [7, 11) is 0. The van der Waals surface area contributed by atoms with Gasteiger partial charge in [0.05, 0.1) is 12.1 Å². The topological polar surface area (TPSA) is 70.4 Å². The molecule has 0 aromatic carbocycles. The van der Waals surface area contributed by atoms with E-state index in [4.69, 9.17) is 9.47 Å². The highest BCUT2D eigenvalue weighted by molar-refractivity contribution is 5.92. The van der Waals surface area contributed by atoms with E-state index in [9.17, 15) is 9.59 Å². The fourth-order valence-electron chi connectivity index (χ4n) is 1.63. The molecule has 22 heavy (non-hydrogen) atoms. The zero-order chi connectivity index (χ0) is 17.0. The first kappa shape index (κ1) is 17.9. The van der Waals surface area contributed by atoms with Crippen molar-refractivity contribution in [3.8, 4) is 0 Å². The van der Waals surface area contributed by atoms with Crippen LogP contribution in [0.5, 0.6) is 0 Å². The fraction of sp³-hybridized carbons (Fsp3) is 0.562. The molecule has 0 amide bonds. The molecule has 0 aliphatic rings. The molecular weight excluding hydrogens is 284 g/mol. The molecule has 0 N–H and O–H groups in total. The molecule has 0 bridgehead atoms. The van der Waals surface area contributed by atoms with E-state index in [1.165, 1.54) is 10.8 Å². The molecule has 1 rings (SSSR count). The third-order valence-electron chi connectivity index (χ3n) is 2.24. The lowest BCUT2D eigenvalue weighted by molar-refractivity contribution is -0.153. The zero-order valence-electron chi connectivity index (χ0n) is 14.0. The number of hydrogen-bond acceptors (Lipinski definition) is 5. The number of ether oxygens (including phenoxy) is 2. The van der Waals surface area contributed by atoms with Gasteiger partial charge in [0.1, 0.15) is 11.2 Å². The number of carbonyl (C=O) groups is 2. The monoisotopic (exact) mass is 308 g/mol. The summed E-state index contributed by atoms with van der Waals surface area (Å²) in [5.41, 5.74) is -0.791. The molecule has 0 saturated carbocycles. The largest absolute Gasteiger partial charge is 0.460 e. The van der Waals surface area contributed by atoms with Crippen LogP contribution >= 0.6 is 0 Å². The Balaban J connectivity index is 2.91. The molecule has 1 heterocycles. The summed E-state index contributed by atoms with van der Waals surface area (Å²) in [6.45, 7) is 10.7. The number of carbonyl (C=O) groups excluding carboxylic acids is 2. The summed E-state index contributed by atoms with van der Waals surface area (Å²) in [5, 5.41) is 4.05. The van der Waals surface area contributed by atoms with Crippen molar-refractivity contribution in [1.82, 2.24) is 9.78 Å². The van der Waals surface area contributed by atoms with Crippen LogP contribution in [0, 0.1) is 0 Å². The van der Waals surface area contributed by atoms with E-state index in [0.29, 0.717) is 5.70 Å². The van der Waals surface area contributed by atoms with Crippen LogP contribution in [0.3, 0.4) is 0 Å². The van der Waals surface area contributed by atoms with Crippen molar-refractivity contribution < 1.29 is 19.1 Å². The second-order valence-electron chi connectivity index (χ2n) is 6.88. The average Bonchev–Trinajstić information content (AvgIpc) is 2.75. The Morgan fingerprint density at radius 2 is 1.68 bits per heavy atom. The van der Waals surface area contributed by atoms with E-state index in [0.717, 1.165) is 0 Å². The molecule has 0 aliphatic heterocycles. The number of aromatic nitrogens is 2. The molecule has 6 nitrogen and oxygen atoms in total. The van der Waals surface area contributed by atoms with Crippen molar-refractivity contribution in [3.05, 3.63) is 24.5 Å². The maximum Gasteiger partial charge on any atom is 0.333 e. The van der Waals surface area contributed by atoms with Gasteiger partial charge >= 0.3 is 11.9 Å². The van der Waals surface area contributed by atoms with E-state index in [2.05, 4.69) is 5.10 Å². The Kier molecular flexibility index (Phi) is 5.52. The van der Waals surface area contributed by atoms with Crippen molar-refractivity contribution in [1.29, 1.82) is 0 Å². The van der Waals surface area contributed by atoms with Gasteiger partial charge in [-0.3, -0.25) is 4.79 Å². The third-order valence-corrected chi connectivity index (χ3v) is 2.24. The zero-order valence-corrected chi connectivity index (χ0v) is 14.0. The van der Waals surface area contributed by atoms with Crippen molar-refractivity contribution in [2.45, 2.75) is 59.2 Å². The Labute approximate surface area is 131 Å². The lowest BCUT2D eigenvalue weighted by Gasteiger charge is -2.20. The number of nitrogens with zero attached hydrogens (tertiary/aromatic N) is 2. The maximum atomic E-state index is 12.0. The molecule has 6 heteroatoms. The summed E-state index contributed by atoms with van der Waals surface area (Å²) >= 11 is 0. The first-order valence-corrected chi connectivity index (χ1v) is 7.12. The van der Waals surface area contributed by atoms with Gasteiger partial charge < -0.3 is 9.47 Å². The predicted molar refractivity (Wildman–Crippen MR) is 82.8 cm³/mol. The number of esters is 2. The predicted octanol–water partition coefficient (Wildman–Crippen LogP) is 2.80. The van der Waals surface area contributed by atoms with Gasteiger partial charge in [0, 0.05) is 18.5 Å². The summed E-state index contributed by atoms with van der Waals surface area (Å²) < 4.78 is 12.0. The van der Waals surface area contributed by atoms with Crippen LogP contribution in [-0.4, -0.2) is 32.9 Å². The normalized spacial score (nSPS) is 12.9. The minimum absolute atomic E-state index is 0.0712. The second-order valence-corrected chi connectivity index (χ2v) is 6.88. The molecule has 0 saturated heterocycles. The standard InChI is InChI=1S/C16H24N2O4/c1-15(2,3)21-13(19)10-12(18-9-7-8-17-18)11-14(20)22-16(4,5)6/h7-10H,11H2,1-6H3. The van der Waals surface area contributed by atoms with Gasteiger partial charge in [-0.2, -0.15) is 5.10 Å². The van der Waals surface area contributed by atoms with Crippen molar-refractivity contribution >= 4 is 17.6 Å². The van der Waals surface area contributed by atoms with Crippen LogP contribution in [0.4, 0.5) is 0 Å². The van der Waals surface area contributed by atoms with Gasteiger partial charge in [0.2, 0.25) is 0 Å². The van der Waals surface area contributed by atoms with Crippen LogP contribution in [-0.2, 0) is 19.1 Å². The minimum Gasteiger partial charge on any atom is -0.460 e. The van der Waals surface area contributed by atoms with Gasteiger partial charge in [0.15, 0.2) is 0 Å². The molecule has 0 fully saturated rings. The summed E-state index contributed by atoms with van der Waals surface area (Å²) in [5.74, 6) is -0.959. The van der Waals surface area contributed by atoms with E-state index >= 15 is 0 Å². The highest BCUT2D eigenvalue weighted by Crippen LogP contribution is 2.16. The third kappa shape index (κ3) is 7.06. The van der Waals surface area contributed by atoms with Crippen LogP contribution in [0.2, 0.25) is 0 Å². The SMILES string of the molecule is CC(C)(C)OC(=O)C=C(CC(=O)OC(C)(C)C)n1cccn1. The Morgan fingerprint density at radius 3 is 2.14 bits per heavy atom. The minimum atomic E-state index is -0.602. The molecule has 0 atom stereocenters. The number of hydrogen-bond donors (Lipinski definition) is 0. The van der Waals surface area contributed by atoms with E-state index < -0.39 is 23.1 Å². The summed E-state index contributed by atoms with van der Waals surface area (Å²) in [6, 6.07) is 1.71. The first-order chi connectivity index (χ1) is 9.96. The van der Waals surface area contributed by atoms with Crippen LogP contribution in [0.25, 0.3) is 5.70 Å². The average molecular weight is 308 g/mol. The number of rotatable bonds is 4. The van der Waals surface area contributed by atoms with Crippen LogP contribution in [0.15, 0.2) is 24.5 Å². The first-order valence-electron chi connectivity index (χ1n) is 7.12. The van der Waals surface area contributed by atoms with Gasteiger partial charge in [-0.15, -0.1) is 0 Å². The van der Waals surface area contributed by atoms with Crippen LogP contribution < -0.4 is 0 Å². The smallest absolute Gasteiger partial charge is 0.333 e. The molecule has 0 radical (unpaired) electrons. The lowest BCUT2D eigenvalue weighted by atomic mass is 10.2. The van der Waals surface area contributed by atoms with Crippen molar-refractivity contribution in [2.75, 3.05) is 0 Å². The highest BCUT2D eigenvalue weighted by atomic mass is 16.6. The van der Waals surface area contributed by atoms with Gasteiger partial charge in [-0.05, 0) is 47.6 Å².